The lowest BCUT2D eigenvalue weighted by Crippen LogP contribution is -2.66. The number of rotatable bonds is 6. The topological polar surface area (TPSA) is 104 Å². The number of piperidine rings is 2. The fraction of sp³-hybridized carbons (Fsp3) is 0.417. The van der Waals surface area contributed by atoms with Gasteiger partial charge in [0.2, 0.25) is 0 Å². The van der Waals surface area contributed by atoms with Gasteiger partial charge in [-0.05, 0) is 25.0 Å². The van der Waals surface area contributed by atoms with E-state index in [1.807, 2.05) is 0 Å². The van der Waals surface area contributed by atoms with E-state index in [4.69, 9.17) is 16.3 Å². The van der Waals surface area contributed by atoms with Crippen molar-refractivity contribution in [3.63, 3.8) is 0 Å². The van der Waals surface area contributed by atoms with Crippen LogP contribution in [0.1, 0.15) is 35.9 Å². The second kappa shape index (κ2) is 9.73. The van der Waals surface area contributed by atoms with Crippen LogP contribution in [0.15, 0.2) is 46.0 Å². The van der Waals surface area contributed by atoms with Crippen LogP contribution in [0.2, 0.25) is 5.02 Å². The van der Waals surface area contributed by atoms with Crippen LogP contribution >= 0.6 is 22.9 Å². The van der Waals surface area contributed by atoms with Crippen LogP contribution in [0.25, 0.3) is 0 Å². The van der Waals surface area contributed by atoms with E-state index in [-0.39, 0.29) is 35.1 Å². The normalized spacial score (nSPS) is 27.0. The van der Waals surface area contributed by atoms with Gasteiger partial charge in [0.25, 0.3) is 5.92 Å². The molecule has 4 atom stereocenters. The number of aliphatic carboxylic acids is 1. The number of carbonyl (C=O) groups excluding carboxylic acids is 1. The summed E-state index contributed by atoms with van der Waals surface area (Å²) < 4.78 is 48.2. The molecule has 196 valence electrons. The molecule has 2 saturated heterocycles. The number of carboxylic acids is 1. The van der Waals surface area contributed by atoms with Gasteiger partial charge in [-0.1, -0.05) is 17.7 Å². The fourth-order valence-corrected chi connectivity index (χ4v) is 6.33. The molecule has 37 heavy (non-hydrogen) atoms. The van der Waals surface area contributed by atoms with Gasteiger partial charge in [-0.3, -0.25) is 14.7 Å². The zero-order valence-electron chi connectivity index (χ0n) is 19.5. The lowest BCUT2D eigenvalue weighted by atomic mass is 9.71. The third-order valence-electron chi connectivity index (χ3n) is 7.09. The number of aliphatic imine (C=N–C) groups is 1. The maximum absolute atomic E-state index is 14.7. The first kappa shape index (κ1) is 25.7. The number of amidine groups is 1. The van der Waals surface area contributed by atoms with Crippen LogP contribution in [0.3, 0.4) is 0 Å². The molecule has 0 radical (unpaired) electrons. The number of nitrogens with one attached hydrogen (secondary N) is 1. The van der Waals surface area contributed by atoms with Gasteiger partial charge in [0.15, 0.2) is 10.8 Å². The number of alkyl halides is 2. The summed E-state index contributed by atoms with van der Waals surface area (Å²) in [6, 6.07) is 0.499. The Balaban J connectivity index is 1.63. The van der Waals surface area contributed by atoms with E-state index in [1.54, 1.807) is 11.6 Å². The summed E-state index contributed by atoms with van der Waals surface area (Å²) in [4.78, 5) is 35.7. The van der Waals surface area contributed by atoms with Crippen molar-refractivity contribution >= 4 is 40.7 Å². The number of carbonyl (C=O) groups is 2. The first-order chi connectivity index (χ1) is 17.6. The van der Waals surface area contributed by atoms with Gasteiger partial charge >= 0.3 is 11.9 Å². The average molecular weight is 555 g/mol. The zero-order valence-corrected chi connectivity index (χ0v) is 21.0. The van der Waals surface area contributed by atoms with Crippen molar-refractivity contribution in [3.05, 3.63) is 62.5 Å². The third kappa shape index (κ3) is 4.62. The smallest absolute Gasteiger partial charge is 0.338 e. The summed E-state index contributed by atoms with van der Waals surface area (Å²) in [5.74, 6) is -6.87. The Labute approximate surface area is 218 Å². The Kier molecular flexibility index (Phi) is 6.75. The monoisotopic (exact) mass is 554 g/mol. The largest absolute Gasteiger partial charge is 0.480 e. The van der Waals surface area contributed by atoms with Gasteiger partial charge in [-0.25, -0.2) is 22.9 Å². The number of esters is 1. The highest BCUT2D eigenvalue weighted by Gasteiger charge is 2.59. The molecule has 0 amide bonds. The summed E-state index contributed by atoms with van der Waals surface area (Å²) in [6.07, 6.45) is 1.60. The van der Waals surface area contributed by atoms with E-state index in [2.05, 4.69) is 15.3 Å². The lowest BCUT2D eigenvalue weighted by Gasteiger charge is -2.53. The van der Waals surface area contributed by atoms with Gasteiger partial charge in [0.05, 0.1) is 12.7 Å². The van der Waals surface area contributed by atoms with Crippen molar-refractivity contribution in [3.8, 4) is 0 Å². The van der Waals surface area contributed by atoms with E-state index in [0.717, 1.165) is 6.07 Å². The van der Waals surface area contributed by atoms with E-state index in [0.29, 0.717) is 17.0 Å². The molecule has 1 saturated carbocycles. The number of thiazole rings is 1. The molecule has 3 fully saturated rings. The molecule has 1 aliphatic carbocycles. The van der Waals surface area contributed by atoms with Crippen LogP contribution in [-0.4, -0.2) is 64.4 Å². The summed E-state index contributed by atoms with van der Waals surface area (Å²) in [5, 5.41) is 15.2. The van der Waals surface area contributed by atoms with Gasteiger partial charge in [0, 0.05) is 52.8 Å². The molecule has 3 aliphatic heterocycles. The molecule has 2 N–H and O–H groups in total. The molecular formula is C24H22ClF3N4O4S. The number of hydrogen-bond acceptors (Lipinski definition) is 8. The molecular weight excluding hydrogens is 533 g/mol. The number of carboxylic acid groups (broad SMARTS) is 1. The quantitative estimate of drug-likeness (QED) is 0.520. The highest BCUT2D eigenvalue weighted by Crippen LogP contribution is 2.49. The maximum atomic E-state index is 14.7. The Morgan fingerprint density at radius 3 is 2.76 bits per heavy atom. The summed E-state index contributed by atoms with van der Waals surface area (Å²) in [5.41, 5.74) is 0.575. The minimum atomic E-state index is -3.10. The van der Waals surface area contributed by atoms with Gasteiger partial charge in [-0.15, -0.1) is 11.3 Å². The van der Waals surface area contributed by atoms with Gasteiger partial charge in [-0.2, -0.15) is 0 Å². The molecule has 4 heterocycles. The van der Waals surface area contributed by atoms with Gasteiger partial charge in [0.1, 0.15) is 17.9 Å². The van der Waals surface area contributed by atoms with Crippen LogP contribution < -0.4 is 5.32 Å². The van der Waals surface area contributed by atoms with E-state index in [9.17, 15) is 27.9 Å². The number of ether oxygens (including phenoxy) is 1. The standard InChI is InChI=1S/C24H22ClF3N4O4S/c1-36-23(35)17-16(10-32-12-3-5-14(19(32)22(33)34)24(27,28)9-12)30-20(21-29-6-7-37-21)31-18(17)13-4-2-11(26)8-15(13)25/h2,4,6-8,12,14,18-19H,3,5,9-10H2,1H3,(H,30,31)(H,33,34)/t12-,14?,18-,19?/m0/s1. The molecule has 2 unspecified atom stereocenters. The molecule has 4 aliphatic rings. The van der Waals surface area contributed by atoms with Crippen LogP contribution in [0.5, 0.6) is 0 Å². The number of nitrogens with zero attached hydrogens (tertiary/aromatic N) is 3. The number of fused-ring (bicyclic) bond motifs is 3. The predicted octanol–water partition coefficient (Wildman–Crippen LogP) is 4.03. The van der Waals surface area contributed by atoms with Crippen molar-refractivity contribution in [2.45, 2.75) is 43.3 Å². The second-order valence-corrected chi connectivity index (χ2v) is 10.5. The van der Waals surface area contributed by atoms with E-state index in [1.165, 1.54) is 35.5 Å². The Morgan fingerprint density at radius 2 is 2.14 bits per heavy atom. The number of methoxy groups -OCH3 is 1. The first-order valence-corrected chi connectivity index (χ1v) is 12.7. The van der Waals surface area contributed by atoms with Crippen LogP contribution in [0, 0.1) is 11.7 Å². The molecule has 1 aromatic carbocycles. The minimum absolute atomic E-state index is 0.0219. The van der Waals surface area contributed by atoms with Crippen molar-refractivity contribution in [1.29, 1.82) is 0 Å². The number of halogens is 4. The summed E-state index contributed by atoms with van der Waals surface area (Å²) in [7, 11) is 1.18. The van der Waals surface area contributed by atoms with E-state index >= 15 is 0 Å². The Bertz CT molecular complexity index is 1300. The number of aromatic nitrogens is 1. The molecule has 8 nitrogen and oxygen atoms in total. The van der Waals surface area contributed by atoms with Gasteiger partial charge < -0.3 is 15.2 Å². The van der Waals surface area contributed by atoms with Crippen LogP contribution in [-0.2, 0) is 14.3 Å². The molecule has 2 aromatic rings. The number of hydrogen-bond donors (Lipinski definition) is 2. The third-order valence-corrected chi connectivity index (χ3v) is 8.19. The van der Waals surface area contributed by atoms with Crippen molar-refractivity contribution in [2.75, 3.05) is 13.7 Å². The molecule has 6 rings (SSSR count). The lowest BCUT2D eigenvalue weighted by molar-refractivity contribution is -0.196. The molecule has 2 bridgehead atoms. The second-order valence-electron chi connectivity index (χ2n) is 9.15. The average Bonchev–Trinajstić information content (AvgIpc) is 3.38. The highest BCUT2D eigenvalue weighted by atomic mass is 35.5. The van der Waals surface area contributed by atoms with E-state index < -0.39 is 54.1 Å². The van der Waals surface area contributed by atoms with Crippen molar-refractivity contribution < 1.29 is 32.6 Å². The number of benzene rings is 1. The maximum Gasteiger partial charge on any atom is 0.338 e. The van der Waals surface area contributed by atoms with Crippen molar-refractivity contribution in [1.82, 2.24) is 15.2 Å². The Hall–Kier alpha value is -2.96. The minimum Gasteiger partial charge on any atom is -0.480 e. The SMILES string of the molecule is COC(=O)C1=C(CN2C(C(=O)O)C3CC[C@H]2CC3(F)F)NC(c2nccs2)=N[C@H]1c1ccc(F)cc1Cl. The van der Waals surface area contributed by atoms with Crippen molar-refractivity contribution in [2.24, 2.45) is 10.9 Å². The Morgan fingerprint density at radius 1 is 1.35 bits per heavy atom. The summed E-state index contributed by atoms with van der Waals surface area (Å²) >= 11 is 7.62. The fourth-order valence-electron chi connectivity index (χ4n) is 5.47. The predicted molar refractivity (Wildman–Crippen MR) is 129 cm³/mol. The van der Waals surface area contributed by atoms with Crippen LogP contribution in [0.4, 0.5) is 13.2 Å². The summed E-state index contributed by atoms with van der Waals surface area (Å²) in [6.45, 7) is -0.154. The highest BCUT2D eigenvalue weighted by molar-refractivity contribution is 7.11. The molecule has 13 heteroatoms. The molecule has 1 aromatic heterocycles. The molecule has 0 spiro atoms. The first-order valence-electron chi connectivity index (χ1n) is 11.5. The zero-order chi connectivity index (χ0) is 26.5.